The molecule has 134 valence electrons. The van der Waals surface area contributed by atoms with Crippen molar-refractivity contribution in [3.8, 4) is 5.88 Å². The summed E-state index contributed by atoms with van der Waals surface area (Å²) in [6.07, 6.45) is 5.03. The summed E-state index contributed by atoms with van der Waals surface area (Å²) in [5.41, 5.74) is 0.341. The average molecular weight is 336 g/mol. The second-order valence-corrected chi connectivity index (χ2v) is 7.13. The molecule has 0 radical (unpaired) electrons. The Kier molecular flexibility index (Phi) is 5.99. The average Bonchev–Trinajstić information content (AvgIpc) is 2.53. The Bertz CT molecular complexity index is 559. The summed E-state index contributed by atoms with van der Waals surface area (Å²) < 4.78 is 10.7. The van der Waals surface area contributed by atoms with Crippen molar-refractivity contribution in [2.75, 3.05) is 27.2 Å². The Morgan fingerprint density at radius 3 is 2.75 bits per heavy atom. The van der Waals surface area contributed by atoms with Crippen LogP contribution in [0.25, 0.3) is 0 Å². The van der Waals surface area contributed by atoms with Gasteiger partial charge in [0.25, 0.3) is 0 Å². The van der Waals surface area contributed by atoms with Gasteiger partial charge in [-0.1, -0.05) is 0 Å². The molecule has 1 fully saturated rings. The first-order valence-electron chi connectivity index (χ1n) is 8.32. The Morgan fingerprint density at radius 2 is 2.08 bits per heavy atom. The summed E-state index contributed by atoms with van der Waals surface area (Å²) in [5, 5.41) is 0. The van der Waals surface area contributed by atoms with Crippen molar-refractivity contribution in [3.05, 3.63) is 18.1 Å². The van der Waals surface area contributed by atoms with E-state index in [1.807, 2.05) is 27.8 Å². The van der Waals surface area contributed by atoms with E-state index in [-0.39, 0.29) is 12.1 Å². The molecule has 0 aliphatic carbocycles. The molecule has 1 amide bonds. The van der Waals surface area contributed by atoms with E-state index in [0.717, 1.165) is 31.6 Å². The highest BCUT2D eigenvalue weighted by Gasteiger charge is 2.29. The van der Waals surface area contributed by atoms with Gasteiger partial charge in [-0.15, -0.1) is 0 Å². The number of amides is 1. The fraction of sp³-hybridized carbons (Fsp3) is 0.706. The maximum Gasteiger partial charge on any atom is 0.410 e. The van der Waals surface area contributed by atoms with Crippen LogP contribution in [-0.2, 0) is 11.3 Å². The van der Waals surface area contributed by atoms with E-state index >= 15 is 0 Å². The summed E-state index contributed by atoms with van der Waals surface area (Å²) in [6.45, 7) is 8.06. The molecule has 7 heteroatoms. The summed E-state index contributed by atoms with van der Waals surface area (Å²) in [6, 6.07) is 0.135. The Hall–Kier alpha value is -1.89. The smallest absolute Gasteiger partial charge is 0.410 e. The molecule has 0 N–H and O–H groups in total. The molecule has 1 aliphatic rings. The molecule has 1 saturated heterocycles. The van der Waals surface area contributed by atoms with Crippen LogP contribution in [0.15, 0.2) is 12.4 Å². The second kappa shape index (κ2) is 7.79. The first-order valence-corrected chi connectivity index (χ1v) is 8.32. The van der Waals surface area contributed by atoms with E-state index in [1.54, 1.807) is 24.4 Å². The molecule has 1 atom stereocenters. The number of piperidine rings is 1. The third kappa shape index (κ3) is 5.06. The summed E-state index contributed by atoms with van der Waals surface area (Å²) >= 11 is 0. The Morgan fingerprint density at radius 1 is 1.38 bits per heavy atom. The molecule has 2 heterocycles. The summed E-state index contributed by atoms with van der Waals surface area (Å²) in [5.74, 6) is 0.556. The van der Waals surface area contributed by atoms with Crippen LogP contribution in [0.5, 0.6) is 5.88 Å². The minimum absolute atomic E-state index is 0.135. The predicted octanol–water partition coefficient (Wildman–Crippen LogP) is 2.32. The molecule has 0 bridgehead atoms. The molecule has 1 aromatic heterocycles. The molecule has 0 aromatic carbocycles. The third-order valence-corrected chi connectivity index (χ3v) is 4.01. The fourth-order valence-corrected chi connectivity index (χ4v) is 2.82. The Labute approximate surface area is 144 Å². The molecule has 24 heavy (non-hydrogen) atoms. The highest BCUT2D eigenvalue weighted by Crippen LogP contribution is 2.21. The van der Waals surface area contributed by atoms with Gasteiger partial charge in [-0.25, -0.2) is 9.78 Å². The molecule has 7 nitrogen and oxygen atoms in total. The van der Waals surface area contributed by atoms with Gasteiger partial charge in [0.15, 0.2) is 0 Å². The number of likely N-dealkylation sites (tertiary alicyclic amines) is 1. The number of carbonyl (C=O) groups excluding carboxylic acids is 1. The molecular formula is C17H28N4O3. The minimum atomic E-state index is -0.479. The zero-order chi connectivity index (χ0) is 17.7. The van der Waals surface area contributed by atoms with Gasteiger partial charge in [-0.2, -0.15) is 0 Å². The van der Waals surface area contributed by atoms with Crippen molar-refractivity contribution in [3.63, 3.8) is 0 Å². The second-order valence-electron chi connectivity index (χ2n) is 7.13. The van der Waals surface area contributed by atoms with E-state index < -0.39 is 5.60 Å². The van der Waals surface area contributed by atoms with Crippen LogP contribution in [-0.4, -0.2) is 64.8 Å². The van der Waals surface area contributed by atoms with Gasteiger partial charge in [0.2, 0.25) is 5.88 Å². The minimum Gasteiger partial charge on any atom is -0.480 e. The quantitative estimate of drug-likeness (QED) is 0.840. The van der Waals surface area contributed by atoms with Crippen molar-refractivity contribution in [1.82, 2.24) is 19.8 Å². The zero-order valence-electron chi connectivity index (χ0n) is 15.3. The van der Waals surface area contributed by atoms with Crippen molar-refractivity contribution in [2.45, 2.75) is 51.8 Å². The standard InChI is InChI=1S/C17H28N4O3/c1-17(2,3)24-16(22)20(4)13-7-6-10-21(11-13)12-14-15(23-5)19-9-8-18-14/h8-9,13H,6-7,10-12H2,1-5H3. The lowest BCUT2D eigenvalue weighted by Gasteiger charge is -2.38. The summed E-state index contributed by atoms with van der Waals surface area (Å²) in [4.78, 5) is 24.8. The number of aromatic nitrogens is 2. The lowest BCUT2D eigenvalue weighted by molar-refractivity contribution is 0.0128. The van der Waals surface area contributed by atoms with Gasteiger partial charge in [0.05, 0.1) is 7.11 Å². The maximum atomic E-state index is 12.3. The zero-order valence-corrected chi connectivity index (χ0v) is 15.3. The highest BCUT2D eigenvalue weighted by atomic mass is 16.6. The highest BCUT2D eigenvalue weighted by molar-refractivity contribution is 5.68. The van der Waals surface area contributed by atoms with Crippen molar-refractivity contribution in [1.29, 1.82) is 0 Å². The van der Waals surface area contributed by atoms with Gasteiger partial charge in [-0.05, 0) is 40.2 Å². The summed E-state index contributed by atoms with van der Waals surface area (Å²) in [7, 11) is 3.41. The van der Waals surface area contributed by atoms with Crippen molar-refractivity contribution in [2.24, 2.45) is 0 Å². The molecular weight excluding hydrogens is 308 g/mol. The molecule has 1 aromatic rings. The predicted molar refractivity (Wildman–Crippen MR) is 90.9 cm³/mol. The number of hydrogen-bond acceptors (Lipinski definition) is 6. The van der Waals surface area contributed by atoms with Crippen LogP contribution < -0.4 is 4.74 Å². The van der Waals surface area contributed by atoms with Crippen LogP contribution >= 0.6 is 0 Å². The Balaban J connectivity index is 1.97. The first-order chi connectivity index (χ1) is 11.3. The number of methoxy groups -OCH3 is 1. The van der Waals surface area contributed by atoms with Crippen LogP contribution in [0.2, 0.25) is 0 Å². The van der Waals surface area contributed by atoms with E-state index in [9.17, 15) is 4.79 Å². The largest absolute Gasteiger partial charge is 0.480 e. The van der Waals surface area contributed by atoms with Crippen LogP contribution in [0.3, 0.4) is 0 Å². The number of rotatable bonds is 4. The van der Waals surface area contributed by atoms with Crippen molar-refractivity contribution >= 4 is 6.09 Å². The van der Waals surface area contributed by atoms with Crippen LogP contribution in [0.4, 0.5) is 4.79 Å². The van der Waals surface area contributed by atoms with Gasteiger partial charge >= 0.3 is 6.09 Å². The van der Waals surface area contributed by atoms with E-state index in [0.29, 0.717) is 12.4 Å². The number of carbonyl (C=O) groups is 1. The first kappa shape index (κ1) is 18.4. The molecule has 1 unspecified atom stereocenters. The third-order valence-electron chi connectivity index (χ3n) is 4.01. The van der Waals surface area contributed by atoms with Gasteiger partial charge in [0.1, 0.15) is 11.3 Å². The lowest BCUT2D eigenvalue weighted by atomic mass is 10.0. The number of nitrogens with zero attached hydrogens (tertiary/aromatic N) is 4. The molecule has 2 rings (SSSR count). The maximum absolute atomic E-state index is 12.3. The van der Waals surface area contributed by atoms with E-state index in [4.69, 9.17) is 9.47 Å². The van der Waals surface area contributed by atoms with Gasteiger partial charge < -0.3 is 14.4 Å². The normalized spacial score (nSPS) is 19.0. The number of hydrogen-bond donors (Lipinski definition) is 0. The van der Waals surface area contributed by atoms with E-state index in [2.05, 4.69) is 14.9 Å². The van der Waals surface area contributed by atoms with Crippen LogP contribution in [0, 0.1) is 0 Å². The fourth-order valence-electron chi connectivity index (χ4n) is 2.82. The number of likely N-dealkylation sites (N-methyl/N-ethyl adjacent to an activating group) is 1. The van der Waals surface area contributed by atoms with Crippen LogP contribution in [0.1, 0.15) is 39.3 Å². The lowest BCUT2D eigenvalue weighted by Crippen LogP contribution is -2.49. The number of ether oxygens (including phenoxy) is 2. The molecule has 1 aliphatic heterocycles. The van der Waals surface area contributed by atoms with Gasteiger partial charge in [0, 0.05) is 38.6 Å². The van der Waals surface area contributed by atoms with Crippen molar-refractivity contribution < 1.29 is 14.3 Å². The van der Waals surface area contributed by atoms with E-state index in [1.165, 1.54) is 0 Å². The van der Waals surface area contributed by atoms with Gasteiger partial charge in [-0.3, -0.25) is 9.88 Å². The monoisotopic (exact) mass is 336 g/mol. The SMILES string of the molecule is COc1nccnc1CN1CCCC(N(C)C(=O)OC(C)(C)C)C1. The topological polar surface area (TPSA) is 67.8 Å². The molecule has 0 saturated carbocycles. The molecule has 0 spiro atoms.